The molecule has 0 saturated heterocycles. The molecule has 1 N–H and O–H groups in total. The number of rotatable bonds is 15. The van der Waals surface area contributed by atoms with Gasteiger partial charge in [-0.3, -0.25) is 5.32 Å². The van der Waals surface area contributed by atoms with E-state index in [4.69, 9.17) is 18.9 Å². The van der Waals surface area contributed by atoms with Gasteiger partial charge in [0.1, 0.15) is 6.61 Å². The average molecular weight is 500 g/mol. The van der Waals surface area contributed by atoms with Crippen molar-refractivity contribution in [3.8, 4) is 17.2 Å². The average Bonchev–Trinajstić information content (AvgIpc) is 2.83. The first-order valence-electron chi connectivity index (χ1n) is 12.5. The lowest BCUT2D eigenvalue weighted by atomic mass is 10.0. The van der Waals surface area contributed by atoms with Gasteiger partial charge in [0.05, 0.1) is 27.0 Å². The monoisotopic (exact) mass is 499 g/mol. The zero-order chi connectivity index (χ0) is 26.9. The van der Waals surface area contributed by atoms with Crippen LogP contribution in [0.5, 0.6) is 17.2 Å². The van der Waals surface area contributed by atoms with Gasteiger partial charge in [-0.1, -0.05) is 40.5 Å². The Morgan fingerprint density at radius 3 is 1.64 bits per heavy atom. The summed E-state index contributed by atoms with van der Waals surface area (Å²) in [7, 11) is 4.58. The molecule has 1 aromatic rings. The highest BCUT2D eigenvalue weighted by atomic mass is 16.5. The number of methoxy groups -OCH3 is 3. The predicted octanol–water partition coefficient (Wildman–Crippen LogP) is 8.41. The van der Waals surface area contributed by atoms with Crippen molar-refractivity contribution in [2.75, 3.05) is 33.3 Å². The molecular weight excluding hydrogens is 454 g/mol. The number of amides is 1. The Morgan fingerprint density at radius 1 is 0.722 bits per heavy atom. The number of hydrogen-bond acceptors (Lipinski definition) is 5. The van der Waals surface area contributed by atoms with Crippen LogP contribution in [-0.2, 0) is 4.74 Å². The number of allylic oxidation sites excluding steroid dienone is 7. The molecule has 6 nitrogen and oxygen atoms in total. The number of carbonyl (C=O) groups excluding carboxylic acids is 1. The van der Waals surface area contributed by atoms with Gasteiger partial charge in [-0.15, -0.1) is 0 Å². The highest BCUT2D eigenvalue weighted by molar-refractivity contribution is 5.86. The van der Waals surface area contributed by atoms with Crippen LogP contribution in [0.15, 0.2) is 58.7 Å². The normalized spacial score (nSPS) is 12.2. The maximum Gasteiger partial charge on any atom is 0.411 e. The smallest absolute Gasteiger partial charge is 0.411 e. The molecule has 0 spiro atoms. The summed E-state index contributed by atoms with van der Waals surface area (Å²) in [6.45, 7) is 11.0. The van der Waals surface area contributed by atoms with E-state index < -0.39 is 6.09 Å². The van der Waals surface area contributed by atoms with Gasteiger partial charge < -0.3 is 18.9 Å². The number of ether oxygens (including phenoxy) is 4. The van der Waals surface area contributed by atoms with Crippen molar-refractivity contribution >= 4 is 11.8 Å². The highest BCUT2D eigenvalue weighted by Gasteiger charge is 2.14. The van der Waals surface area contributed by atoms with E-state index >= 15 is 0 Å². The largest absolute Gasteiger partial charge is 0.493 e. The van der Waals surface area contributed by atoms with Gasteiger partial charge in [-0.25, -0.2) is 4.79 Å². The Labute approximate surface area is 218 Å². The zero-order valence-corrected chi connectivity index (χ0v) is 23.5. The number of nitrogens with one attached hydrogen (secondary N) is 1. The number of carbonyl (C=O) groups is 1. The molecule has 0 saturated carbocycles. The molecule has 0 aliphatic rings. The molecule has 0 aliphatic carbocycles. The fraction of sp³-hybridized carbons (Fsp3) is 0.500. The predicted molar refractivity (Wildman–Crippen MR) is 149 cm³/mol. The summed E-state index contributed by atoms with van der Waals surface area (Å²) < 4.78 is 21.2. The molecule has 36 heavy (non-hydrogen) atoms. The standard InChI is InChI=1S/C30H45NO5/c1-22(2)12-9-13-23(3)14-10-15-24(4)16-11-17-25(5)18-19-36-30(32)31-26-20-27(33-6)29(35-8)28(21-26)34-7/h12,14,16,18,20-21H,9-11,13,15,17,19H2,1-8H3,(H,31,32)/b23-14+,24-16+,25-18+. The van der Waals surface area contributed by atoms with E-state index in [2.05, 4.69) is 58.2 Å². The molecule has 0 heterocycles. The third-order valence-electron chi connectivity index (χ3n) is 5.71. The summed E-state index contributed by atoms with van der Waals surface area (Å²) in [6.07, 6.45) is 14.7. The summed E-state index contributed by atoms with van der Waals surface area (Å²) in [6, 6.07) is 3.31. The maximum atomic E-state index is 12.2. The lowest BCUT2D eigenvalue weighted by Gasteiger charge is -2.14. The third-order valence-corrected chi connectivity index (χ3v) is 5.71. The topological polar surface area (TPSA) is 66.0 Å². The van der Waals surface area contributed by atoms with E-state index in [1.54, 1.807) is 12.1 Å². The molecule has 0 fully saturated rings. The molecule has 0 unspecified atom stereocenters. The highest BCUT2D eigenvalue weighted by Crippen LogP contribution is 2.39. The first kappa shape index (κ1) is 30.9. The Balaban J connectivity index is 2.41. The van der Waals surface area contributed by atoms with Crippen LogP contribution >= 0.6 is 0 Å². The first-order chi connectivity index (χ1) is 17.2. The van der Waals surface area contributed by atoms with Crippen LogP contribution in [0.3, 0.4) is 0 Å². The molecule has 1 aromatic carbocycles. The van der Waals surface area contributed by atoms with Gasteiger partial charge in [0.25, 0.3) is 0 Å². The second kappa shape index (κ2) is 17.3. The van der Waals surface area contributed by atoms with Crippen LogP contribution in [0.25, 0.3) is 0 Å². The zero-order valence-electron chi connectivity index (χ0n) is 23.5. The van der Waals surface area contributed by atoms with Gasteiger partial charge in [0.15, 0.2) is 11.5 Å². The summed E-state index contributed by atoms with van der Waals surface area (Å²) >= 11 is 0. The summed E-state index contributed by atoms with van der Waals surface area (Å²) in [5.41, 5.74) is 5.95. The van der Waals surface area contributed by atoms with Gasteiger partial charge >= 0.3 is 6.09 Å². The number of hydrogen-bond donors (Lipinski definition) is 1. The number of anilines is 1. The van der Waals surface area contributed by atoms with Crippen molar-refractivity contribution in [2.24, 2.45) is 0 Å². The number of benzene rings is 1. The van der Waals surface area contributed by atoms with Gasteiger partial charge in [-0.2, -0.15) is 0 Å². The lowest BCUT2D eigenvalue weighted by molar-refractivity contribution is 0.174. The molecule has 0 radical (unpaired) electrons. The lowest BCUT2D eigenvalue weighted by Crippen LogP contribution is -2.14. The molecule has 0 aliphatic heterocycles. The minimum absolute atomic E-state index is 0.210. The first-order valence-corrected chi connectivity index (χ1v) is 12.5. The molecule has 1 rings (SSSR count). The van der Waals surface area contributed by atoms with Crippen LogP contribution < -0.4 is 19.5 Å². The Kier molecular flexibility index (Phi) is 14.8. The van der Waals surface area contributed by atoms with E-state index in [9.17, 15) is 4.79 Å². The Bertz CT molecular complexity index is 927. The second-order valence-electron chi connectivity index (χ2n) is 9.19. The SMILES string of the molecule is COc1cc(NC(=O)OC/C=C(\C)CC/C=C(\C)CC/C=C(\C)CCC=C(C)C)cc(OC)c1OC. The molecule has 6 heteroatoms. The van der Waals surface area contributed by atoms with Crippen molar-refractivity contribution in [1.29, 1.82) is 0 Å². The molecular formula is C30H45NO5. The summed E-state index contributed by atoms with van der Waals surface area (Å²) in [4.78, 5) is 12.2. The Hall–Kier alpha value is -3.15. The van der Waals surface area contributed by atoms with E-state index in [-0.39, 0.29) is 6.61 Å². The van der Waals surface area contributed by atoms with E-state index in [1.165, 1.54) is 43.6 Å². The minimum atomic E-state index is -0.548. The van der Waals surface area contributed by atoms with Crippen molar-refractivity contribution in [2.45, 2.75) is 73.1 Å². The van der Waals surface area contributed by atoms with Crippen LogP contribution in [0.2, 0.25) is 0 Å². The van der Waals surface area contributed by atoms with Gasteiger partial charge in [-0.05, 0) is 79.2 Å². The van der Waals surface area contributed by atoms with Crippen LogP contribution in [-0.4, -0.2) is 34.0 Å². The molecule has 0 bridgehead atoms. The van der Waals surface area contributed by atoms with Crippen molar-refractivity contribution in [1.82, 2.24) is 0 Å². The van der Waals surface area contributed by atoms with Crippen LogP contribution in [0.1, 0.15) is 73.1 Å². The van der Waals surface area contributed by atoms with Crippen LogP contribution in [0, 0.1) is 0 Å². The minimum Gasteiger partial charge on any atom is -0.493 e. The Morgan fingerprint density at radius 2 is 1.19 bits per heavy atom. The maximum absolute atomic E-state index is 12.2. The fourth-order valence-electron chi connectivity index (χ4n) is 3.55. The van der Waals surface area contributed by atoms with Crippen molar-refractivity contribution < 1.29 is 23.7 Å². The third kappa shape index (κ3) is 12.5. The summed E-state index contributed by atoms with van der Waals surface area (Å²) in [5.74, 6) is 1.37. The molecule has 1 amide bonds. The van der Waals surface area contributed by atoms with Gasteiger partial charge in [0, 0.05) is 12.1 Å². The van der Waals surface area contributed by atoms with Crippen LogP contribution in [0.4, 0.5) is 10.5 Å². The van der Waals surface area contributed by atoms with E-state index in [1.807, 2.05) is 6.08 Å². The molecule has 0 atom stereocenters. The van der Waals surface area contributed by atoms with E-state index in [0.717, 1.165) is 38.5 Å². The second-order valence-corrected chi connectivity index (χ2v) is 9.19. The van der Waals surface area contributed by atoms with Gasteiger partial charge in [0.2, 0.25) is 5.75 Å². The van der Waals surface area contributed by atoms with E-state index in [0.29, 0.717) is 22.9 Å². The quantitative estimate of drug-likeness (QED) is 0.245. The fourth-order valence-corrected chi connectivity index (χ4v) is 3.55. The molecule has 0 aromatic heterocycles. The van der Waals surface area contributed by atoms with Crippen molar-refractivity contribution in [3.63, 3.8) is 0 Å². The summed E-state index contributed by atoms with van der Waals surface area (Å²) in [5, 5.41) is 2.69. The van der Waals surface area contributed by atoms with Crippen molar-refractivity contribution in [3.05, 3.63) is 58.7 Å². The molecule has 200 valence electrons.